The van der Waals surface area contributed by atoms with Crippen molar-refractivity contribution >= 4 is 0 Å². The smallest absolute Gasteiger partial charge is 0.0591 e. The Morgan fingerprint density at radius 1 is 1.35 bits per heavy atom. The van der Waals surface area contributed by atoms with E-state index in [0.717, 1.165) is 19.4 Å². The van der Waals surface area contributed by atoms with Crippen molar-refractivity contribution in [2.45, 2.75) is 57.1 Å². The molecule has 1 heterocycles. The number of hydrogen-bond acceptors (Lipinski definition) is 3. The van der Waals surface area contributed by atoms with Gasteiger partial charge in [0.1, 0.15) is 0 Å². The fraction of sp³-hybridized carbons (Fsp3) is 0.647. The van der Waals surface area contributed by atoms with Crippen LogP contribution in [0.3, 0.4) is 0 Å². The molecular weight excluding hydrogens is 248 g/mol. The minimum Gasteiger partial charge on any atom is -0.378 e. The summed E-state index contributed by atoms with van der Waals surface area (Å²) < 4.78 is 5.71. The second-order valence-electron chi connectivity index (χ2n) is 6.33. The van der Waals surface area contributed by atoms with Crippen LogP contribution in [-0.2, 0) is 11.2 Å². The van der Waals surface area contributed by atoms with Crippen LogP contribution in [0.4, 0.5) is 0 Å². The summed E-state index contributed by atoms with van der Waals surface area (Å²) in [4.78, 5) is 0. The molecule has 0 aromatic heterocycles. The topological polar surface area (TPSA) is 47.3 Å². The van der Waals surface area contributed by atoms with Crippen LogP contribution in [0.25, 0.3) is 0 Å². The maximum atomic E-state index is 5.85. The van der Waals surface area contributed by atoms with Gasteiger partial charge in [-0.2, -0.15) is 0 Å². The zero-order valence-corrected chi connectivity index (χ0v) is 12.3. The van der Waals surface area contributed by atoms with Crippen LogP contribution in [0.2, 0.25) is 0 Å². The highest BCUT2D eigenvalue weighted by Gasteiger charge is 2.33. The Hall–Kier alpha value is -0.900. The fourth-order valence-corrected chi connectivity index (χ4v) is 4.05. The third-order valence-corrected chi connectivity index (χ3v) is 5.20. The summed E-state index contributed by atoms with van der Waals surface area (Å²) in [5.74, 6) is 7.04. The molecule has 1 saturated heterocycles. The van der Waals surface area contributed by atoms with Crippen molar-refractivity contribution in [1.82, 2.24) is 5.43 Å². The van der Waals surface area contributed by atoms with Gasteiger partial charge in [-0.25, -0.2) is 0 Å². The number of hydrazine groups is 1. The zero-order valence-electron chi connectivity index (χ0n) is 12.3. The number of nitrogens with two attached hydrogens (primary N) is 1. The first kappa shape index (κ1) is 14.1. The lowest BCUT2D eigenvalue weighted by atomic mass is 9.77. The van der Waals surface area contributed by atoms with Gasteiger partial charge in [0.25, 0.3) is 0 Å². The molecule has 3 nitrogen and oxygen atoms in total. The Morgan fingerprint density at radius 3 is 2.95 bits per heavy atom. The molecular formula is C17H26N2O. The first-order chi connectivity index (χ1) is 9.79. The van der Waals surface area contributed by atoms with Gasteiger partial charge in [-0.1, -0.05) is 24.3 Å². The van der Waals surface area contributed by atoms with E-state index in [-0.39, 0.29) is 0 Å². The average Bonchev–Trinajstić information content (AvgIpc) is 2.91. The Bertz CT molecular complexity index is 448. The third kappa shape index (κ3) is 2.76. The van der Waals surface area contributed by atoms with E-state index < -0.39 is 0 Å². The van der Waals surface area contributed by atoms with E-state index in [9.17, 15) is 0 Å². The zero-order chi connectivity index (χ0) is 13.9. The predicted octanol–water partition coefficient (Wildman–Crippen LogP) is 2.75. The highest BCUT2D eigenvalue weighted by atomic mass is 16.5. The maximum absolute atomic E-state index is 5.85. The lowest BCUT2D eigenvalue weighted by Gasteiger charge is -2.32. The summed E-state index contributed by atoms with van der Waals surface area (Å²) in [6.07, 6.45) is 6.41. The Balaban J connectivity index is 1.73. The summed E-state index contributed by atoms with van der Waals surface area (Å²) in [6, 6.07) is 9.29. The van der Waals surface area contributed by atoms with Gasteiger partial charge < -0.3 is 4.74 Å². The highest BCUT2D eigenvalue weighted by molar-refractivity contribution is 5.32. The quantitative estimate of drug-likeness (QED) is 0.655. The van der Waals surface area contributed by atoms with Crippen molar-refractivity contribution in [2.75, 3.05) is 6.61 Å². The highest BCUT2D eigenvalue weighted by Crippen LogP contribution is 2.37. The van der Waals surface area contributed by atoms with Crippen LogP contribution in [0.5, 0.6) is 0 Å². The summed E-state index contributed by atoms with van der Waals surface area (Å²) in [5.41, 5.74) is 6.16. The molecule has 1 aromatic rings. The van der Waals surface area contributed by atoms with Crippen molar-refractivity contribution in [3.05, 3.63) is 35.4 Å². The van der Waals surface area contributed by atoms with Crippen LogP contribution < -0.4 is 11.3 Å². The number of hydrogen-bond donors (Lipinski definition) is 2. The van der Waals surface area contributed by atoms with Gasteiger partial charge in [-0.05, 0) is 56.1 Å². The number of aryl methyl sites for hydroxylation is 1. The molecule has 0 bridgehead atoms. The van der Waals surface area contributed by atoms with Crippen LogP contribution in [0.1, 0.15) is 49.7 Å². The second kappa shape index (κ2) is 6.25. The van der Waals surface area contributed by atoms with Crippen molar-refractivity contribution in [3.8, 4) is 0 Å². The van der Waals surface area contributed by atoms with Gasteiger partial charge in [0.2, 0.25) is 0 Å². The molecule has 3 rings (SSSR count). The molecule has 4 atom stereocenters. The number of benzene rings is 1. The van der Waals surface area contributed by atoms with E-state index in [0.29, 0.717) is 24.0 Å². The minimum atomic E-state index is 0.329. The van der Waals surface area contributed by atoms with E-state index in [1.54, 1.807) is 5.56 Å². The van der Waals surface area contributed by atoms with Gasteiger partial charge >= 0.3 is 0 Å². The van der Waals surface area contributed by atoms with Crippen LogP contribution in [-0.4, -0.2) is 18.8 Å². The molecule has 3 heteroatoms. The summed E-state index contributed by atoms with van der Waals surface area (Å²) >= 11 is 0. The average molecular weight is 274 g/mol. The van der Waals surface area contributed by atoms with E-state index >= 15 is 0 Å². The van der Waals surface area contributed by atoms with Crippen LogP contribution >= 0.6 is 0 Å². The molecule has 1 aliphatic heterocycles. The number of rotatable bonds is 4. The first-order valence-electron chi connectivity index (χ1n) is 7.95. The first-order valence-corrected chi connectivity index (χ1v) is 7.95. The lowest BCUT2D eigenvalue weighted by molar-refractivity contribution is 0.0930. The number of ether oxygens (including phenoxy) is 1. The summed E-state index contributed by atoms with van der Waals surface area (Å²) in [6.45, 7) is 3.06. The van der Waals surface area contributed by atoms with Gasteiger partial charge in [0, 0.05) is 18.6 Å². The molecule has 2 aliphatic rings. The fourth-order valence-electron chi connectivity index (χ4n) is 4.05. The molecule has 3 N–H and O–H groups in total. The van der Waals surface area contributed by atoms with E-state index in [1.165, 1.54) is 24.8 Å². The minimum absolute atomic E-state index is 0.329. The van der Waals surface area contributed by atoms with E-state index in [2.05, 4.69) is 36.6 Å². The van der Waals surface area contributed by atoms with E-state index in [1.807, 2.05) is 0 Å². The molecule has 0 radical (unpaired) electrons. The van der Waals surface area contributed by atoms with Crippen molar-refractivity contribution in [3.63, 3.8) is 0 Å². The molecule has 0 amide bonds. The molecule has 4 unspecified atom stereocenters. The Labute approximate surface area is 121 Å². The molecule has 1 aromatic carbocycles. The predicted molar refractivity (Wildman–Crippen MR) is 81.4 cm³/mol. The summed E-state index contributed by atoms with van der Waals surface area (Å²) in [7, 11) is 0. The van der Waals surface area contributed by atoms with Crippen molar-refractivity contribution in [2.24, 2.45) is 11.8 Å². The van der Waals surface area contributed by atoms with E-state index in [4.69, 9.17) is 10.6 Å². The van der Waals surface area contributed by atoms with Gasteiger partial charge in [0.15, 0.2) is 0 Å². The standard InChI is InChI=1S/C17H26N2O/c1-12-15(9-10-20-12)17(19-18)11-14-7-4-6-13-5-2-3-8-16(13)14/h2-3,5,8,12,14-15,17,19H,4,6-7,9-11,18H2,1H3. The van der Waals surface area contributed by atoms with Gasteiger partial charge in [0.05, 0.1) is 6.10 Å². The number of nitrogens with one attached hydrogen (secondary N) is 1. The molecule has 0 spiro atoms. The van der Waals surface area contributed by atoms with Gasteiger partial charge in [-0.15, -0.1) is 0 Å². The third-order valence-electron chi connectivity index (χ3n) is 5.20. The molecule has 0 saturated carbocycles. The molecule has 1 aliphatic carbocycles. The molecule has 110 valence electrons. The Kier molecular flexibility index (Phi) is 4.39. The SMILES string of the molecule is CC1OCCC1C(CC1CCCc2ccccc21)NN. The van der Waals surface area contributed by atoms with Crippen LogP contribution in [0.15, 0.2) is 24.3 Å². The monoisotopic (exact) mass is 274 g/mol. The van der Waals surface area contributed by atoms with Crippen LogP contribution in [0, 0.1) is 5.92 Å². The summed E-state index contributed by atoms with van der Waals surface area (Å²) in [5, 5.41) is 0. The normalized spacial score (nSPS) is 31.0. The maximum Gasteiger partial charge on any atom is 0.0591 e. The molecule has 1 fully saturated rings. The molecule has 20 heavy (non-hydrogen) atoms. The number of fused-ring (bicyclic) bond motifs is 1. The van der Waals surface area contributed by atoms with Crippen molar-refractivity contribution < 1.29 is 4.74 Å². The second-order valence-corrected chi connectivity index (χ2v) is 6.33. The van der Waals surface area contributed by atoms with Crippen molar-refractivity contribution in [1.29, 1.82) is 0 Å². The lowest BCUT2D eigenvalue weighted by Crippen LogP contribution is -2.44. The largest absolute Gasteiger partial charge is 0.378 e. The Morgan fingerprint density at radius 2 is 2.20 bits per heavy atom. The van der Waals surface area contributed by atoms with Gasteiger partial charge in [-0.3, -0.25) is 11.3 Å².